The Hall–Kier alpha value is -3.41. The molecule has 0 saturated carbocycles. The van der Waals surface area contributed by atoms with E-state index in [4.69, 9.17) is 4.74 Å². The maximum Gasteiger partial charge on any atom is 0.306 e. The van der Waals surface area contributed by atoms with Gasteiger partial charge in [-0.2, -0.15) is 0 Å². The molecular weight excluding hydrogens is 392 g/mol. The number of ether oxygens (including phenoxy) is 1. The lowest BCUT2D eigenvalue weighted by atomic mass is 9.84. The Balaban J connectivity index is 1.63. The summed E-state index contributed by atoms with van der Waals surface area (Å²) in [5, 5.41) is 1.04. The molecule has 0 aliphatic carbocycles. The third-order valence-corrected chi connectivity index (χ3v) is 5.91. The number of aromatic amines is 1. The minimum absolute atomic E-state index is 0.0599. The van der Waals surface area contributed by atoms with Crippen LogP contribution in [0.1, 0.15) is 35.7 Å². The summed E-state index contributed by atoms with van der Waals surface area (Å²) >= 11 is 0. The number of Topliss-reactive ketones (excluding diaryl/α,β-unsaturated/α-hetero) is 1. The normalized spacial score (nSPS) is 18.9. The standard InChI is InChI=1S/C25H26N2O4/c1-2-31-23(28)15-18-12-13-27(25(30)17-8-4-3-5-9-17)22(24(18)29)14-19-16-26-21-11-7-6-10-20(19)21/h3-11,16,18,22,26H,2,12-15H2,1H3. The van der Waals surface area contributed by atoms with Crippen molar-refractivity contribution in [2.24, 2.45) is 5.92 Å². The van der Waals surface area contributed by atoms with Crippen molar-refractivity contribution in [1.82, 2.24) is 9.88 Å². The number of nitrogens with one attached hydrogen (secondary N) is 1. The number of likely N-dealkylation sites (tertiary alicyclic amines) is 1. The Kier molecular flexibility index (Phi) is 6.16. The first kappa shape index (κ1) is 20.8. The molecule has 1 aliphatic heterocycles. The van der Waals surface area contributed by atoms with Gasteiger partial charge in [-0.15, -0.1) is 0 Å². The van der Waals surface area contributed by atoms with Crippen LogP contribution in [-0.4, -0.2) is 46.7 Å². The van der Waals surface area contributed by atoms with Crippen LogP contribution in [-0.2, 0) is 20.7 Å². The molecule has 2 unspecified atom stereocenters. The average molecular weight is 418 g/mol. The second kappa shape index (κ2) is 9.16. The number of carbonyl (C=O) groups excluding carboxylic acids is 3. The number of piperidine rings is 1. The van der Waals surface area contributed by atoms with Gasteiger partial charge in [0.1, 0.15) is 0 Å². The molecule has 2 heterocycles. The summed E-state index contributed by atoms with van der Waals surface area (Å²) in [4.78, 5) is 43.7. The number of hydrogen-bond donors (Lipinski definition) is 1. The van der Waals surface area contributed by atoms with Gasteiger partial charge in [-0.3, -0.25) is 14.4 Å². The molecule has 2 aromatic carbocycles. The number of aromatic nitrogens is 1. The van der Waals surface area contributed by atoms with Crippen LogP contribution in [0.15, 0.2) is 60.8 Å². The van der Waals surface area contributed by atoms with E-state index < -0.39 is 12.0 Å². The molecule has 1 saturated heterocycles. The minimum Gasteiger partial charge on any atom is -0.466 e. The van der Waals surface area contributed by atoms with E-state index >= 15 is 0 Å². The van der Waals surface area contributed by atoms with Crippen molar-refractivity contribution in [3.8, 4) is 0 Å². The average Bonchev–Trinajstić information content (AvgIpc) is 3.20. The maximum atomic E-state index is 13.5. The summed E-state index contributed by atoms with van der Waals surface area (Å²) in [5.74, 6) is -1.04. The molecule has 31 heavy (non-hydrogen) atoms. The van der Waals surface area contributed by atoms with E-state index in [1.165, 1.54) is 0 Å². The third kappa shape index (κ3) is 4.38. The van der Waals surface area contributed by atoms with Crippen LogP contribution >= 0.6 is 0 Å². The Morgan fingerprint density at radius 2 is 1.84 bits per heavy atom. The number of rotatable bonds is 6. The maximum absolute atomic E-state index is 13.5. The van der Waals surface area contributed by atoms with Crippen LogP contribution in [0.4, 0.5) is 0 Å². The molecule has 6 heteroatoms. The van der Waals surface area contributed by atoms with Crippen molar-refractivity contribution in [3.63, 3.8) is 0 Å². The zero-order chi connectivity index (χ0) is 21.8. The van der Waals surface area contributed by atoms with Gasteiger partial charge in [0.25, 0.3) is 5.91 Å². The Morgan fingerprint density at radius 3 is 2.61 bits per heavy atom. The van der Waals surface area contributed by atoms with Crippen molar-refractivity contribution in [1.29, 1.82) is 0 Å². The lowest BCUT2D eigenvalue weighted by Gasteiger charge is -2.38. The second-order valence-electron chi connectivity index (χ2n) is 7.84. The molecule has 0 spiro atoms. The monoisotopic (exact) mass is 418 g/mol. The van der Waals surface area contributed by atoms with Crippen LogP contribution in [0.25, 0.3) is 10.9 Å². The van der Waals surface area contributed by atoms with E-state index in [1.807, 2.05) is 48.7 Å². The Bertz CT molecular complexity index is 1090. The van der Waals surface area contributed by atoms with Gasteiger partial charge < -0.3 is 14.6 Å². The first-order chi connectivity index (χ1) is 15.1. The second-order valence-corrected chi connectivity index (χ2v) is 7.84. The Morgan fingerprint density at radius 1 is 1.10 bits per heavy atom. The predicted octanol–water partition coefficient (Wildman–Crippen LogP) is 3.76. The number of H-pyrrole nitrogens is 1. The lowest BCUT2D eigenvalue weighted by molar-refractivity contribution is -0.147. The third-order valence-electron chi connectivity index (χ3n) is 5.91. The molecule has 160 valence electrons. The fourth-order valence-corrected chi connectivity index (χ4v) is 4.35. The molecule has 2 atom stereocenters. The number of nitrogens with zero attached hydrogens (tertiary/aromatic N) is 1. The van der Waals surface area contributed by atoms with E-state index in [0.29, 0.717) is 24.9 Å². The molecule has 1 amide bonds. The largest absolute Gasteiger partial charge is 0.466 e. The number of fused-ring (bicyclic) bond motifs is 1. The highest BCUT2D eigenvalue weighted by Crippen LogP contribution is 2.29. The van der Waals surface area contributed by atoms with Crippen LogP contribution < -0.4 is 0 Å². The van der Waals surface area contributed by atoms with E-state index in [1.54, 1.807) is 24.0 Å². The zero-order valence-electron chi connectivity index (χ0n) is 17.5. The quantitative estimate of drug-likeness (QED) is 0.618. The van der Waals surface area contributed by atoms with Gasteiger partial charge in [0.2, 0.25) is 0 Å². The van der Waals surface area contributed by atoms with Crippen LogP contribution in [0.5, 0.6) is 0 Å². The topological polar surface area (TPSA) is 79.5 Å². The highest BCUT2D eigenvalue weighted by Gasteiger charge is 2.40. The SMILES string of the molecule is CCOC(=O)CC1CCN(C(=O)c2ccccc2)C(Cc2c[nH]c3ccccc23)C1=O. The van der Waals surface area contributed by atoms with Gasteiger partial charge >= 0.3 is 5.97 Å². The van der Waals surface area contributed by atoms with Crippen LogP contribution in [0, 0.1) is 5.92 Å². The Labute approximate surface area is 181 Å². The van der Waals surface area contributed by atoms with E-state index in [-0.39, 0.29) is 30.7 Å². The zero-order valence-corrected chi connectivity index (χ0v) is 17.5. The van der Waals surface area contributed by atoms with Gasteiger partial charge in [0, 0.05) is 41.5 Å². The molecule has 3 aromatic rings. The summed E-state index contributed by atoms with van der Waals surface area (Å²) in [7, 11) is 0. The van der Waals surface area contributed by atoms with Crippen molar-refractivity contribution >= 4 is 28.6 Å². The first-order valence-electron chi connectivity index (χ1n) is 10.7. The number of benzene rings is 2. The summed E-state index contributed by atoms with van der Waals surface area (Å²) < 4.78 is 5.06. The van der Waals surface area contributed by atoms with E-state index in [0.717, 1.165) is 16.5 Å². The highest BCUT2D eigenvalue weighted by molar-refractivity contribution is 6.00. The smallest absolute Gasteiger partial charge is 0.306 e. The summed E-state index contributed by atoms with van der Waals surface area (Å²) in [6, 6.07) is 16.3. The van der Waals surface area contributed by atoms with Crippen molar-refractivity contribution < 1.29 is 19.1 Å². The van der Waals surface area contributed by atoms with Gasteiger partial charge in [-0.05, 0) is 37.1 Å². The van der Waals surface area contributed by atoms with Crippen LogP contribution in [0.2, 0.25) is 0 Å². The van der Waals surface area contributed by atoms with Gasteiger partial charge in [0.05, 0.1) is 19.1 Å². The summed E-state index contributed by atoms with van der Waals surface area (Å²) in [6.45, 7) is 2.47. The molecular formula is C25H26N2O4. The highest BCUT2D eigenvalue weighted by atomic mass is 16.5. The first-order valence-corrected chi connectivity index (χ1v) is 10.7. The molecule has 1 fully saturated rings. The number of carbonyl (C=O) groups is 3. The van der Waals surface area contributed by atoms with Gasteiger partial charge in [0.15, 0.2) is 5.78 Å². The van der Waals surface area contributed by atoms with E-state index in [9.17, 15) is 14.4 Å². The lowest BCUT2D eigenvalue weighted by Crippen LogP contribution is -2.53. The molecule has 0 radical (unpaired) electrons. The fraction of sp³-hybridized carbons (Fsp3) is 0.320. The van der Waals surface area contributed by atoms with Crippen molar-refractivity contribution in [2.45, 2.75) is 32.2 Å². The fourth-order valence-electron chi connectivity index (χ4n) is 4.35. The summed E-state index contributed by atoms with van der Waals surface area (Å²) in [5.41, 5.74) is 2.53. The number of amides is 1. The van der Waals surface area contributed by atoms with E-state index in [2.05, 4.69) is 4.98 Å². The number of hydrogen-bond acceptors (Lipinski definition) is 4. The molecule has 0 bridgehead atoms. The number of esters is 1. The predicted molar refractivity (Wildman–Crippen MR) is 118 cm³/mol. The molecule has 4 rings (SSSR count). The number of ketones is 1. The molecule has 1 N–H and O–H groups in total. The molecule has 6 nitrogen and oxygen atoms in total. The molecule has 1 aliphatic rings. The van der Waals surface area contributed by atoms with Crippen LogP contribution in [0.3, 0.4) is 0 Å². The summed E-state index contributed by atoms with van der Waals surface area (Å²) in [6.07, 6.45) is 2.82. The van der Waals surface area contributed by atoms with Crippen molar-refractivity contribution in [3.05, 3.63) is 71.9 Å². The number of para-hydroxylation sites is 1. The molecule has 1 aromatic heterocycles. The van der Waals surface area contributed by atoms with Gasteiger partial charge in [-0.1, -0.05) is 36.4 Å². The minimum atomic E-state index is -0.625. The van der Waals surface area contributed by atoms with Gasteiger partial charge in [-0.25, -0.2) is 0 Å². The van der Waals surface area contributed by atoms with Crippen molar-refractivity contribution in [2.75, 3.05) is 13.2 Å².